The van der Waals surface area contributed by atoms with E-state index in [9.17, 15) is 9.59 Å². The summed E-state index contributed by atoms with van der Waals surface area (Å²) in [6.07, 6.45) is 3.82. The average molecular weight is 407 g/mol. The number of hydrogen-bond donors (Lipinski definition) is 2. The molecule has 0 saturated carbocycles. The van der Waals surface area contributed by atoms with Gasteiger partial charge in [-0.15, -0.1) is 11.3 Å². The lowest BCUT2D eigenvalue weighted by Gasteiger charge is -2.14. The van der Waals surface area contributed by atoms with Crippen molar-refractivity contribution in [3.8, 4) is 5.00 Å². The van der Waals surface area contributed by atoms with Crippen LogP contribution < -0.4 is 16.4 Å². The molecule has 0 radical (unpaired) electrons. The van der Waals surface area contributed by atoms with Gasteiger partial charge in [-0.2, -0.15) is 0 Å². The zero-order valence-electron chi connectivity index (χ0n) is 16.4. The molecular weight excluding hydrogens is 386 g/mol. The van der Waals surface area contributed by atoms with Gasteiger partial charge in [0.25, 0.3) is 11.5 Å². The lowest BCUT2D eigenvalue weighted by atomic mass is 10.1. The molecule has 29 heavy (non-hydrogen) atoms. The van der Waals surface area contributed by atoms with Gasteiger partial charge in [0, 0.05) is 23.8 Å². The zero-order valence-corrected chi connectivity index (χ0v) is 17.2. The summed E-state index contributed by atoms with van der Waals surface area (Å²) < 4.78 is 3.43. The average Bonchev–Trinajstić information content (AvgIpc) is 3.35. The highest BCUT2D eigenvalue weighted by molar-refractivity contribution is 7.15. The van der Waals surface area contributed by atoms with Crippen LogP contribution in [0, 0.1) is 13.8 Å². The molecule has 0 aliphatic carbocycles. The number of nitrogens with one attached hydrogen (secondary N) is 2. The zero-order chi connectivity index (χ0) is 20.5. The molecule has 0 spiro atoms. The smallest absolute Gasteiger partial charge is 0.272 e. The molecule has 0 aliphatic heterocycles. The number of carbonyl (C=O) groups excluding carboxylic acids is 1. The molecule has 1 aromatic carbocycles. The number of aromatic nitrogens is 3. The summed E-state index contributed by atoms with van der Waals surface area (Å²) >= 11 is 1.56. The molecule has 4 rings (SSSR count). The minimum Gasteiger partial charge on any atom is -0.315 e. The number of hydrogen-bond acceptors (Lipinski definition) is 5. The van der Waals surface area contributed by atoms with Gasteiger partial charge in [0.15, 0.2) is 0 Å². The van der Waals surface area contributed by atoms with E-state index in [0.29, 0.717) is 29.0 Å². The van der Waals surface area contributed by atoms with E-state index >= 15 is 0 Å². The van der Waals surface area contributed by atoms with E-state index < -0.39 is 0 Å². The van der Waals surface area contributed by atoms with Crippen LogP contribution >= 0.6 is 11.3 Å². The lowest BCUT2D eigenvalue weighted by molar-refractivity contribution is 0.0962. The van der Waals surface area contributed by atoms with Crippen LogP contribution in [0.5, 0.6) is 0 Å². The Hall–Kier alpha value is -3.39. The van der Waals surface area contributed by atoms with E-state index in [2.05, 4.69) is 15.8 Å². The van der Waals surface area contributed by atoms with Crippen molar-refractivity contribution in [1.82, 2.24) is 19.5 Å². The van der Waals surface area contributed by atoms with Gasteiger partial charge >= 0.3 is 0 Å². The van der Waals surface area contributed by atoms with E-state index in [-0.39, 0.29) is 11.5 Å². The number of carbonyl (C=O) groups is 1. The van der Waals surface area contributed by atoms with Crippen LogP contribution in [0.4, 0.5) is 5.95 Å². The number of benzene rings is 1. The van der Waals surface area contributed by atoms with E-state index in [0.717, 1.165) is 15.4 Å². The van der Waals surface area contributed by atoms with Crippen molar-refractivity contribution >= 4 is 34.1 Å². The van der Waals surface area contributed by atoms with Gasteiger partial charge < -0.3 is 4.57 Å². The second-order valence-electron chi connectivity index (χ2n) is 6.63. The first kappa shape index (κ1) is 18.9. The quantitative estimate of drug-likeness (QED) is 0.495. The van der Waals surface area contributed by atoms with E-state index in [1.54, 1.807) is 23.5 Å². The Labute approximate surface area is 171 Å². The number of fused-ring (bicyclic) bond motifs is 1. The summed E-state index contributed by atoms with van der Waals surface area (Å²) in [4.78, 5) is 31.3. The summed E-state index contributed by atoms with van der Waals surface area (Å²) in [5, 5.41) is 1.40. The molecule has 1 amide bonds. The molecule has 0 fully saturated rings. The summed E-state index contributed by atoms with van der Waals surface area (Å²) in [6, 6.07) is 11.0. The van der Waals surface area contributed by atoms with Crippen LogP contribution in [0.25, 0.3) is 15.9 Å². The fraction of sp³-hybridized carbons (Fsp3) is 0.190. The monoisotopic (exact) mass is 407 g/mol. The molecular formula is C21H21N5O2S. The summed E-state index contributed by atoms with van der Waals surface area (Å²) in [6.45, 7) is 6.22. The van der Waals surface area contributed by atoms with Crippen molar-refractivity contribution in [2.45, 2.75) is 27.3 Å². The third-order valence-electron chi connectivity index (χ3n) is 4.90. The molecule has 0 saturated heterocycles. The van der Waals surface area contributed by atoms with E-state index in [1.165, 1.54) is 4.57 Å². The molecule has 0 unspecified atom stereocenters. The van der Waals surface area contributed by atoms with Gasteiger partial charge in [0.2, 0.25) is 5.95 Å². The molecule has 2 N–H and O–H groups in total. The maximum Gasteiger partial charge on any atom is 0.272 e. The van der Waals surface area contributed by atoms with Gasteiger partial charge in [-0.3, -0.25) is 25.0 Å². The standard InChI is InChI=1S/C21H21N5O2S/c1-4-26-19(28)15-9-5-6-10-16(15)22-21(26)24-23-18(27)17-13(2)14(3)29-20(17)25-11-7-8-12-25/h5-12H,4H2,1-3H3,(H,22,24)(H,23,27). The predicted molar refractivity (Wildman–Crippen MR) is 116 cm³/mol. The highest BCUT2D eigenvalue weighted by Crippen LogP contribution is 2.30. The highest BCUT2D eigenvalue weighted by Gasteiger charge is 2.21. The summed E-state index contributed by atoms with van der Waals surface area (Å²) in [5.74, 6) is 0.0253. The van der Waals surface area contributed by atoms with Crippen molar-refractivity contribution in [3.63, 3.8) is 0 Å². The molecule has 0 aliphatic rings. The third kappa shape index (κ3) is 3.31. The summed E-state index contributed by atoms with van der Waals surface area (Å²) in [5.41, 5.74) is 7.53. The minimum atomic E-state index is -0.277. The van der Waals surface area contributed by atoms with Crippen molar-refractivity contribution < 1.29 is 4.79 Å². The number of hydrazine groups is 1. The minimum absolute atomic E-state index is 0.148. The first-order chi connectivity index (χ1) is 14.0. The predicted octanol–water partition coefficient (Wildman–Crippen LogP) is 3.64. The Kier molecular flexibility index (Phi) is 4.94. The number of amides is 1. The number of para-hydroxylation sites is 1. The second-order valence-corrected chi connectivity index (χ2v) is 7.84. The van der Waals surface area contributed by atoms with E-state index in [4.69, 9.17) is 0 Å². The number of anilines is 1. The van der Waals surface area contributed by atoms with Crippen LogP contribution in [0.3, 0.4) is 0 Å². The molecule has 148 valence electrons. The van der Waals surface area contributed by atoms with Crippen molar-refractivity contribution in [2.24, 2.45) is 0 Å². The lowest BCUT2D eigenvalue weighted by Crippen LogP contribution is -2.34. The van der Waals surface area contributed by atoms with Gasteiger partial charge in [0.05, 0.1) is 16.5 Å². The SMILES string of the molecule is CCn1c(NNC(=O)c2c(-n3cccc3)sc(C)c2C)nc2ccccc2c1=O. The molecule has 4 aromatic rings. The highest BCUT2D eigenvalue weighted by atomic mass is 32.1. The van der Waals surface area contributed by atoms with Crippen molar-refractivity contribution in [1.29, 1.82) is 0 Å². The Balaban J connectivity index is 1.67. The Bertz CT molecular complexity index is 1250. The van der Waals surface area contributed by atoms with Crippen molar-refractivity contribution in [3.05, 3.63) is 75.1 Å². The number of aryl methyl sites for hydroxylation is 1. The number of rotatable bonds is 5. The van der Waals surface area contributed by atoms with E-state index in [1.807, 2.05) is 62.0 Å². The number of nitrogens with zero attached hydrogens (tertiary/aromatic N) is 3. The molecule has 3 heterocycles. The van der Waals surface area contributed by atoms with Crippen LogP contribution in [0.15, 0.2) is 53.6 Å². The first-order valence-corrected chi connectivity index (χ1v) is 10.1. The van der Waals surface area contributed by atoms with Gasteiger partial charge in [-0.25, -0.2) is 4.98 Å². The fourth-order valence-electron chi connectivity index (χ4n) is 3.26. The number of thiophene rings is 1. The van der Waals surface area contributed by atoms with Gasteiger partial charge in [-0.05, 0) is 50.6 Å². The molecule has 7 nitrogen and oxygen atoms in total. The van der Waals surface area contributed by atoms with Crippen LogP contribution in [-0.4, -0.2) is 20.0 Å². The van der Waals surface area contributed by atoms with Crippen LogP contribution in [0.2, 0.25) is 0 Å². The topological polar surface area (TPSA) is 81.0 Å². The normalized spacial score (nSPS) is 11.0. The van der Waals surface area contributed by atoms with Crippen LogP contribution in [-0.2, 0) is 6.54 Å². The maximum absolute atomic E-state index is 13.0. The Morgan fingerprint density at radius 3 is 2.59 bits per heavy atom. The first-order valence-electron chi connectivity index (χ1n) is 9.30. The third-order valence-corrected chi connectivity index (χ3v) is 6.12. The largest absolute Gasteiger partial charge is 0.315 e. The molecule has 3 aromatic heterocycles. The molecule has 8 heteroatoms. The summed E-state index contributed by atoms with van der Waals surface area (Å²) in [7, 11) is 0. The fourth-order valence-corrected chi connectivity index (χ4v) is 4.38. The van der Waals surface area contributed by atoms with Gasteiger partial charge in [0.1, 0.15) is 5.00 Å². The van der Waals surface area contributed by atoms with Crippen LogP contribution in [0.1, 0.15) is 27.7 Å². The van der Waals surface area contributed by atoms with Gasteiger partial charge in [-0.1, -0.05) is 12.1 Å². The molecule has 0 bridgehead atoms. The van der Waals surface area contributed by atoms with Crippen molar-refractivity contribution in [2.75, 3.05) is 5.43 Å². The second kappa shape index (κ2) is 7.56. The molecule has 0 atom stereocenters. The maximum atomic E-state index is 13.0. The Morgan fingerprint density at radius 1 is 1.14 bits per heavy atom. The Morgan fingerprint density at radius 2 is 1.86 bits per heavy atom.